The molecule has 1 aromatic carbocycles. The van der Waals surface area contributed by atoms with Gasteiger partial charge in [-0.05, 0) is 37.3 Å². The Kier molecular flexibility index (Phi) is 4.63. The van der Waals surface area contributed by atoms with Gasteiger partial charge in [-0.1, -0.05) is 12.1 Å². The van der Waals surface area contributed by atoms with Crippen LogP contribution in [0.3, 0.4) is 0 Å². The van der Waals surface area contributed by atoms with Gasteiger partial charge in [-0.25, -0.2) is 0 Å². The average molecular weight is 355 g/mol. The number of para-hydroxylation sites is 1. The van der Waals surface area contributed by atoms with Crippen LogP contribution in [0.1, 0.15) is 52.8 Å². The number of fused-ring (bicyclic) bond motifs is 1. The Morgan fingerprint density at radius 3 is 3.04 bits per heavy atom. The van der Waals surface area contributed by atoms with Gasteiger partial charge in [-0.2, -0.15) is 0 Å². The molecular formula is C19H25N5O2. The molecule has 7 nitrogen and oxygen atoms in total. The molecule has 2 N–H and O–H groups in total. The van der Waals surface area contributed by atoms with Crippen LogP contribution < -0.4 is 5.32 Å². The van der Waals surface area contributed by atoms with Gasteiger partial charge in [-0.15, -0.1) is 10.2 Å². The van der Waals surface area contributed by atoms with E-state index in [-0.39, 0.29) is 18.4 Å². The first-order valence-corrected chi connectivity index (χ1v) is 9.33. The van der Waals surface area contributed by atoms with Gasteiger partial charge in [0.15, 0.2) is 5.82 Å². The maximum atomic E-state index is 13.2. The largest absolute Gasteiger partial charge is 0.388 e. The molecule has 0 saturated carbocycles. The van der Waals surface area contributed by atoms with E-state index in [0.717, 1.165) is 55.8 Å². The summed E-state index contributed by atoms with van der Waals surface area (Å²) < 4.78 is 1.85. The number of rotatable bonds is 3. The van der Waals surface area contributed by atoms with E-state index in [1.807, 2.05) is 28.6 Å². The summed E-state index contributed by atoms with van der Waals surface area (Å²) in [6, 6.07) is 6.01. The van der Waals surface area contributed by atoms with Crippen LogP contribution in [0.15, 0.2) is 18.2 Å². The number of nitrogens with one attached hydrogen (secondary N) is 1. The van der Waals surface area contributed by atoms with Crippen LogP contribution in [0.2, 0.25) is 0 Å². The summed E-state index contributed by atoms with van der Waals surface area (Å²) in [5.41, 5.74) is 3.01. The summed E-state index contributed by atoms with van der Waals surface area (Å²) in [6.07, 6.45) is 4.05. The quantitative estimate of drug-likeness (QED) is 0.875. The summed E-state index contributed by atoms with van der Waals surface area (Å²) in [4.78, 5) is 15.1. The van der Waals surface area contributed by atoms with E-state index in [2.05, 4.69) is 21.6 Å². The normalized spacial score (nSPS) is 19.8. The fraction of sp³-hybridized carbons (Fsp3) is 0.526. The Labute approximate surface area is 153 Å². The number of nitrogens with zero attached hydrogens (tertiary/aromatic N) is 4. The lowest BCUT2D eigenvalue weighted by Gasteiger charge is -2.33. The molecule has 2 aromatic rings. The number of piperidine rings is 1. The zero-order chi connectivity index (χ0) is 18.1. The molecule has 1 atom stereocenters. The number of aliphatic hydroxyl groups excluding tert-OH is 1. The number of aliphatic hydroxyl groups is 1. The molecule has 7 heteroatoms. The summed E-state index contributed by atoms with van der Waals surface area (Å²) in [7, 11) is 1.87. The number of benzene rings is 1. The average Bonchev–Trinajstić information content (AvgIpc) is 3.07. The van der Waals surface area contributed by atoms with Crippen molar-refractivity contribution in [3.05, 3.63) is 41.0 Å². The highest BCUT2D eigenvalue weighted by Gasteiger charge is 2.30. The van der Waals surface area contributed by atoms with Gasteiger partial charge in [0, 0.05) is 32.6 Å². The molecular weight excluding hydrogens is 330 g/mol. The van der Waals surface area contributed by atoms with Gasteiger partial charge >= 0.3 is 0 Å². The van der Waals surface area contributed by atoms with Crippen molar-refractivity contribution in [2.45, 2.75) is 38.2 Å². The van der Waals surface area contributed by atoms with Crippen LogP contribution >= 0.6 is 0 Å². The van der Waals surface area contributed by atoms with Gasteiger partial charge in [-0.3, -0.25) is 4.79 Å². The Morgan fingerprint density at radius 1 is 1.35 bits per heavy atom. The first kappa shape index (κ1) is 17.0. The maximum Gasteiger partial charge on any atom is 0.255 e. The number of carbonyl (C=O) groups excluding carboxylic acids is 1. The van der Waals surface area contributed by atoms with Crippen LogP contribution in [-0.2, 0) is 20.1 Å². The molecule has 0 radical (unpaired) electrons. The van der Waals surface area contributed by atoms with Gasteiger partial charge in [0.25, 0.3) is 5.91 Å². The molecule has 138 valence electrons. The van der Waals surface area contributed by atoms with Gasteiger partial charge in [0.2, 0.25) is 0 Å². The molecule has 1 amide bonds. The highest BCUT2D eigenvalue weighted by molar-refractivity contribution is 6.00. The van der Waals surface area contributed by atoms with E-state index in [9.17, 15) is 9.90 Å². The van der Waals surface area contributed by atoms with Crippen molar-refractivity contribution in [1.29, 1.82) is 0 Å². The molecule has 26 heavy (non-hydrogen) atoms. The fourth-order valence-electron chi connectivity index (χ4n) is 4.10. The van der Waals surface area contributed by atoms with E-state index >= 15 is 0 Å². The summed E-state index contributed by atoms with van der Waals surface area (Å²) in [6.45, 7) is 2.20. The molecule has 0 aliphatic carbocycles. The fourth-order valence-corrected chi connectivity index (χ4v) is 4.10. The number of amides is 1. The first-order chi connectivity index (χ1) is 12.7. The van der Waals surface area contributed by atoms with Crippen molar-refractivity contribution in [2.24, 2.45) is 7.05 Å². The summed E-state index contributed by atoms with van der Waals surface area (Å²) >= 11 is 0. The molecule has 2 aliphatic rings. The number of aryl methyl sites for hydroxylation is 1. The standard InChI is InChI=1S/C19H25N5O2/c1-23-16(12-25)21-22-18(23)14-7-4-10-24(11-14)19(26)15-8-2-5-13-6-3-9-20-17(13)15/h2,5,8,14,20,25H,3-4,6-7,9-12H2,1H3/t14-/m0/s1. The molecule has 0 unspecified atom stereocenters. The Hall–Kier alpha value is -2.41. The highest BCUT2D eigenvalue weighted by atomic mass is 16.3. The highest BCUT2D eigenvalue weighted by Crippen LogP contribution is 2.30. The first-order valence-electron chi connectivity index (χ1n) is 9.33. The Morgan fingerprint density at radius 2 is 2.23 bits per heavy atom. The van der Waals surface area contributed by atoms with E-state index in [1.54, 1.807) is 0 Å². The second-order valence-corrected chi connectivity index (χ2v) is 7.15. The van der Waals surface area contributed by atoms with Gasteiger partial charge < -0.3 is 19.9 Å². The summed E-state index contributed by atoms with van der Waals surface area (Å²) in [5, 5.41) is 21.0. The molecule has 0 bridgehead atoms. The number of hydrogen-bond donors (Lipinski definition) is 2. The molecule has 0 spiro atoms. The third-order valence-electron chi connectivity index (χ3n) is 5.52. The van der Waals surface area contributed by atoms with E-state index in [0.29, 0.717) is 12.4 Å². The minimum Gasteiger partial charge on any atom is -0.388 e. The zero-order valence-corrected chi connectivity index (χ0v) is 15.1. The van der Waals surface area contributed by atoms with Crippen molar-refractivity contribution >= 4 is 11.6 Å². The minimum absolute atomic E-state index is 0.0884. The second-order valence-electron chi connectivity index (χ2n) is 7.15. The van der Waals surface area contributed by atoms with E-state index < -0.39 is 0 Å². The van der Waals surface area contributed by atoms with Crippen molar-refractivity contribution in [3.63, 3.8) is 0 Å². The van der Waals surface area contributed by atoms with Crippen LogP contribution in [0, 0.1) is 0 Å². The second kappa shape index (κ2) is 7.07. The number of hydrogen-bond acceptors (Lipinski definition) is 5. The topological polar surface area (TPSA) is 83.3 Å². The third-order valence-corrected chi connectivity index (χ3v) is 5.52. The van der Waals surface area contributed by atoms with Gasteiger partial charge in [0.1, 0.15) is 12.4 Å². The van der Waals surface area contributed by atoms with Crippen LogP contribution in [0.4, 0.5) is 5.69 Å². The molecule has 2 aliphatic heterocycles. The SMILES string of the molecule is Cn1c(CO)nnc1[C@H]1CCCN(C(=O)c2cccc3c2NCCC3)C1. The Balaban J connectivity index is 1.56. The molecule has 1 fully saturated rings. The third kappa shape index (κ3) is 2.96. The smallest absolute Gasteiger partial charge is 0.255 e. The van der Waals surface area contributed by atoms with Crippen LogP contribution in [-0.4, -0.2) is 50.3 Å². The van der Waals surface area contributed by atoms with Crippen molar-refractivity contribution in [2.75, 3.05) is 25.0 Å². The maximum absolute atomic E-state index is 13.2. The van der Waals surface area contributed by atoms with Crippen molar-refractivity contribution < 1.29 is 9.90 Å². The van der Waals surface area contributed by atoms with Crippen LogP contribution in [0.5, 0.6) is 0 Å². The number of likely N-dealkylation sites (tertiary alicyclic amines) is 1. The van der Waals surface area contributed by atoms with E-state index in [4.69, 9.17) is 0 Å². The lowest BCUT2D eigenvalue weighted by molar-refractivity contribution is 0.0704. The minimum atomic E-state index is -0.124. The lowest BCUT2D eigenvalue weighted by Crippen LogP contribution is -2.40. The van der Waals surface area contributed by atoms with Crippen LogP contribution in [0.25, 0.3) is 0 Å². The lowest BCUT2D eigenvalue weighted by atomic mass is 9.95. The number of anilines is 1. The number of aromatic nitrogens is 3. The molecule has 4 rings (SSSR count). The molecule has 3 heterocycles. The van der Waals surface area contributed by atoms with Gasteiger partial charge in [0.05, 0.1) is 11.3 Å². The monoisotopic (exact) mass is 355 g/mol. The number of carbonyl (C=O) groups is 1. The summed E-state index contributed by atoms with van der Waals surface area (Å²) in [5.74, 6) is 1.65. The Bertz CT molecular complexity index is 816. The predicted octanol–water partition coefficient (Wildman–Crippen LogP) is 1.69. The predicted molar refractivity (Wildman–Crippen MR) is 98.1 cm³/mol. The van der Waals surface area contributed by atoms with Crippen molar-refractivity contribution in [3.8, 4) is 0 Å². The van der Waals surface area contributed by atoms with E-state index in [1.165, 1.54) is 5.56 Å². The molecule has 1 aromatic heterocycles. The molecule has 1 saturated heterocycles. The zero-order valence-electron chi connectivity index (χ0n) is 15.1. The van der Waals surface area contributed by atoms with Crippen molar-refractivity contribution in [1.82, 2.24) is 19.7 Å².